The van der Waals surface area contributed by atoms with Gasteiger partial charge in [0.05, 0.1) is 16.5 Å². The quantitative estimate of drug-likeness (QED) is 0.253. The fraction of sp³-hybridized carbons (Fsp3) is 0.125. The van der Waals surface area contributed by atoms with E-state index >= 15 is 0 Å². The van der Waals surface area contributed by atoms with Crippen molar-refractivity contribution in [1.29, 1.82) is 0 Å². The summed E-state index contributed by atoms with van der Waals surface area (Å²) in [4.78, 5) is 13.6. The van der Waals surface area contributed by atoms with Crippen LogP contribution in [-0.4, -0.2) is 32.7 Å². The lowest BCUT2D eigenvalue weighted by Crippen LogP contribution is -2.31. The summed E-state index contributed by atoms with van der Waals surface area (Å²) in [5, 5.41) is 0. The fourth-order valence-electron chi connectivity index (χ4n) is 2.98. The molecule has 5 nitrogen and oxygen atoms in total. The number of ketones is 1. The second kappa shape index (κ2) is 10.0. The van der Waals surface area contributed by atoms with Crippen molar-refractivity contribution in [2.75, 3.05) is 14.2 Å². The van der Waals surface area contributed by atoms with Crippen LogP contribution in [0.3, 0.4) is 0 Å². The number of allylic oxidation sites excluding steroid dienone is 1. The van der Waals surface area contributed by atoms with Gasteiger partial charge in [0.2, 0.25) is 5.78 Å². The average molecular weight is 579 g/mol. The van der Waals surface area contributed by atoms with Crippen molar-refractivity contribution in [3.63, 3.8) is 0 Å². The molecule has 0 heterocycles. The first-order valence-electron chi connectivity index (χ1n) is 9.55. The number of rotatable bonds is 7. The van der Waals surface area contributed by atoms with Gasteiger partial charge in [-0.25, -0.2) is 8.42 Å². The van der Waals surface area contributed by atoms with Crippen LogP contribution in [0.25, 0.3) is 4.48 Å². The molecule has 0 aromatic heterocycles. The van der Waals surface area contributed by atoms with Gasteiger partial charge in [-0.3, -0.25) is 9.10 Å². The first-order valence-corrected chi connectivity index (χ1v) is 12.6. The Morgan fingerprint density at radius 3 is 1.94 bits per heavy atom. The molecule has 0 aliphatic rings. The zero-order chi connectivity index (χ0) is 23.5. The van der Waals surface area contributed by atoms with Crippen LogP contribution in [0.4, 0.5) is 0 Å². The number of benzene rings is 3. The first-order chi connectivity index (χ1) is 15.1. The average Bonchev–Trinajstić information content (AvgIpc) is 2.79. The van der Waals surface area contributed by atoms with Crippen LogP contribution in [0, 0.1) is 6.92 Å². The smallest absolute Gasteiger partial charge is 0.264 e. The third-order valence-electron chi connectivity index (χ3n) is 4.87. The number of carbonyl (C=O) groups is 1. The topological polar surface area (TPSA) is 63.7 Å². The van der Waals surface area contributed by atoms with E-state index < -0.39 is 15.8 Å². The molecule has 0 amide bonds. The molecule has 0 fully saturated rings. The first kappa shape index (κ1) is 24.2. The standard InChI is InChI=1S/C24H21Br2NO4S/c1-16-4-14-21(15-5-16)32(29,30)27(2)23(24(28)18-6-10-19(25)11-7-18)22(26)17-8-12-20(31-3)13-9-17/h4-15H,1-3H3/b23-22-. The summed E-state index contributed by atoms with van der Waals surface area (Å²) >= 11 is 6.85. The van der Waals surface area contributed by atoms with E-state index in [1.165, 1.54) is 19.2 Å². The van der Waals surface area contributed by atoms with Crippen LogP contribution >= 0.6 is 31.9 Å². The molecule has 166 valence electrons. The van der Waals surface area contributed by atoms with E-state index in [4.69, 9.17) is 4.74 Å². The van der Waals surface area contributed by atoms with Crippen LogP contribution in [-0.2, 0) is 10.0 Å². The second-order valence-electron chi connectivity index (χ2n) is 7.01. The Morgan fingerprint density at radius 2 is 1.41 bits per heavy atom. The van der Waals surface area contributed by atoms with Crippen molar-refractivity contribution in [3.8, 4) is 5.75 Å². The predicted molar refractivity (Wildman–Crippen MR) is 133 cm³/mol. The molecular weight excluding hydrogens is 558 g/mol. The molecule has 0 radical (unpaired) electrons. The van der Waals surface area contributed by atoms with Crippen LogP contribution < -0.4 is 4.74 Å². The molecule has 3 rings (SSSR count). The van der Waals surface area contributed by atoms with E-state index in [1.54, 1.807) is 67.8 Å². The number of Topliss-reactive ketones (excluding diaryl/α,β-unsaturated/α-hetero) is 1. The van der Waals surface area contributed by atoms with Crippen molar-refractivity contribution < 1.29 is 17.9 Å². The van der Waals surface area contributed by atoms with Gasteiger partial charge in [0.25, 0.3) is 10.0 Å². The van der Waals surface area contributed by atoms with Crippen molar-refractivity contribution in [3.05, 3.63) is 99.7 Å². The highest BCUT2D eigenvalue weighted by molar-refractivity contribution is 9.15. The molecule has 0 bridgehead atoms. The number of carbonyl (C=O) groups excluding carboxylic acids is 1. The summed E-state index contributed by atoms with van der Waals surface area (Å²) in [7, 11) is -1.05. The number of likely N-dealkylation sites (N-methyl/N-ethyl adjacent to an activating group) is 1. The van der Waals surface area contributed by atoms with E-state index in [9.17, 15) is 13.2 Å². The molecule has 0 N–H and O–H groups in total. The van der Waals surface area contributed by atoms with Crippen LogP contribution in [0.2, 0.25) is 0 Å². The summed E-state index contributed by atoms with van der Waals surface area (Å²) in [5.41, 5.74) is 1.93. The number of aryl methyl sites for hydroxylation is 1. The number of nitrogens with zero attached hydrogens (tertiary/aromatic N) is 1. The number of halogens is 2. The minimum absolute atomic E-state index is 0.00179. The Balaban J connectivity index is 2.17. The number of hydrogen-bond donors (Lipinski definition) is 0. The maximum atomic E-state index is 13.5. The number of ether oxygens (including phenoxy) is 1. The van der Waals surface area contributed by atoms with Gasteiger partial charge in [-0.1, -0.05) is 45.8 Å². The molecule has 0 atom stereocenters. The Bertz CT molecular complexity index is 1250. The molecule has 32 heavy (non-hydrogen) atoms. The molecule has 8 heteroatoms. The van der Waals surface area contributed by atoms with Gasteiger partial charge < -0.3 is 4.74 Å². The molecule has 0 aliphatic carbocycles. The number of sulfonamides is 1. The summed E-state index contributed by atoms with van der Waals surface area (Å²) in [6.07, 6.45) is 0. The largest absolute Gasteiger partial charge is 0.497 e. The summed E-state index contributed by atoms with van der Waals surface area (Å²) in [6, 6.07) is 20.3. The van der Waals surface area contributed by atoms with Gasteiger partial charge in [0.1, 0.15) is 11.4 Å². The normalized spacial score (nSPS) is 12.2. The maximum Gasteiger partial charge on any atom is 0.264 e. The molecule has 3 aromatic carbocycles. The zero-order valence-electron chi connectivity index (χ0n) is 17.7. The Morgan fingerprint density at radius 1 is 0.875 bits per heavy atom. The highest BCUT2D eigenvalue weighted by Gasteiger charge is 2.30. The maximum absolute atomic E-state index is 13.5. The lowest BCUT2D eigenvalue weighted by atomic mass is 10.1. The second-order valence-corrected chi connectivity index (χ2v) is 10.7. The minimum atomic E-state index is -3.99. The third kappa shape index (κ3) is 5.14. The van der Waals surface area contributed by atoms with E-state index in [0.717, 1.165) is 14.3 Å². The van der Waals surface area contributed by atoms with Gasteiger partial charge in [-0.2, -0.15) is 0 Å². The predicted octanol–water partition coefficient (Wildman–Crippen LogP) is 6.03. The van der Waals surface area contributed by atoms with E-state index in [1.807, 2.05) is 6.92 Å². The van der Waals surface area contributed by atoms with E-state index in [0.29, 0.717) is 21.4 Å². The molecule has 3 aromatic rings. The number of hydrogen-bond acceptors (Lipinski definition) is 4. The van der Waals surface area contributed by atoms with E-state index in [2.05, 4.69) is 31.9 Å². The van der Waals surface area contributed by atoms with Crippen LogP contribution in [0.5, 0.6) is 5.75 Å². The van der Waals surface area contributed by atoms with Crippen LogP contribution in [0.1, 0.15) is 21.5 Å². The lowest BCUT2D eigenvalue weighted by Gasteiger charge is -2.24. The van der Waals surface area contributed by atoms with Crippen molar-refractivity contribution in [2.24, 2.45) is 0 Å². The molecular formula is C24H21Br2NO4S. The molecule has 0 saturated carbocycles. The summed E-state index contributed by atoms with van der Waals surface area (Å²) < 4.78 is 34.2. The highest BCUT2D eigenvalue weighted by Crippen LogP contribution is 2.33. The summed E-state index contributed by atoms with van der Waals surface area (Å²) in [6.45, 7) is 1.88. The lowest BCUT2D eigenvalue weighted by molar-refractivity contribution is 0.101. The zero-order valence-corrected chi connectivity index (χ0v) is 21.7. The monoisotopic (exact) mass is 577 g/mol. The molecule has 0 unspecified atom stereocenters. The number of methoxy groups -OCH3 is 1. The van der Waals surface area contributed by atoms with Crippen molar-refractivity contribution in [2.45, 2.75) is 11.8 Å². The molecule has 0 spiro atoms. The van der Waals surface area contributed by atoms with Gasteiger partial charge >= 0.3 is 0 Å². The minimum Gasteiger partial charge on any atom is -0.497 e. The fourth-order valence-corrected chi connectivity index (χ4v) is 5.28. The van der Waals surface area contributed by atoms with Gasteiger partial charge in [-0.05, 0) is 76.9 Å². The van der Waals surface area contributed by atoms with Gasteiger partial charge in [-0.15, -0.1) is 0 Å². The van der Waals surface area contributed by atoms with Gasteiger partial charge in [0.15, 0.2) is 0 Å². The third-order valence-corrected chi connectivity index (χ3v) is 8.00. The van der Waals surface area contributed by atoms with Crippen molar-refractivity contribution in [1.82, 2.24) is 4.31 Å². The Labute approximate surface area is 205 Å². The van der Waals surface area contributed by atoms with E-state index in [-0.39, 0.29) is 10.6 Å². The molecule has 0 saturated heterocycles. The van der Waals surface area contributed by atoms with Gasteiger partial charge in [0, 0.05) is 17.1 Å². The highest BCUT2D eigenvalue weighted by atomic mass is 79.9. The van der Waals surface area contributed by atoms with Crippen molar-refractivity contribution >= 4 is 52.1 Å². The summed E-state index contributed by atoms with van der Waals surface area (Å²) in [5.74, 6) is 0.217. The Hall–Kier alpha value is -2.42. The SMILES string of the molecule is COc1ccc(/C(Br)=C(\C(=O)c2ccc(Br)cc2)N(C)S(=O)(=O)c2ccc(C)cc2)cc1. The van der Waals surface area contributed by atoms with Crippen LogP contribution in [0.15, 0.2) is 87.9 Å². The Kier molecular flexibility index (Phi) is 7.59. The molecule has 0 aliphatic heterocycles.